The first-order valence-corrected chi connectivity index (χ1v) is 4.62. The van der Waals surface area contributed by atoms with Crippen molar-refractivity contribution in [2.75, 3.05) is 5.32 Å². The van der Waals surface area contributed by atoms with Gasteiger partial charge in [-0.1, -0.05) is 18.2 Å². The van der Waals surface area contributed by atoms with Crippen LogP contribution < -0.4 is 5.32 Å². The minimum Gasteiger partial charge on any atom is -0.307 e. The van der Waals surface area contributed by atoms with Crippen molar-refractivity contribution in [2.45, 2.75) is 0 Å². The van der Waals surface area contributed by atoms with E-state index in [1.165, 1.54) is 0 Å². The fourth-order valence-electron chi connectivity index (χ4n) is 1.27. The molecule has 1 heterocycles. The van der Waals surface area contributed by atoms with Crippen LogP contribution in [-0.2, 0) is 7.05 Å². The Labute approximate surface area is 87.5 Å². The van der Waals surface area contributed by atoms with E-state index >= 15 is 0 Å². The molecule has 0 saturated heterocycles. The van der Waals surface area contributed by atoms with Gasteiger partial charge in [-0.25, -0.2) is 0 Å². The molecule has 2 rings (SSSR count). The van der Waals surface area contributed by atoms with Gasteiger partial charge in [0.2, 0.25) is 0 Å². The summed E-state index contributed by atoms with van der Waals surface area (Å²) in [4.78, 5) is 11.7. The van der Waals surface area contributed by atoms with Crippen LogP contribution in [0, 0.1) is 0 Å². The van der Waals surface area contributed by atoms with Gasteiger partial charge < -0.3 is 5.32 Å². The van der Waals surface area contributed by atoms with Crippen molar-refractivity contribution in [3.8, 4) is 0 Å². The van der Waals surface area contributed by atoms with E-state index < -0.39 is 0 Å². The van der Waals surface area contributed by atoms with Gasteiger partial charge in [-0.3, -0.25) is 9.48 Å². The van der Waals surface area contributed by atoms with Crippen LogP contribution in [0.3, 0.4) is 0 Å². The second-order valence-corrected chi connectivity index (χ2v) is 3.16. The Morgan fingerprint density at radius 3 is 2.60 bits per heavy atom. The first-order chi connectivity index (χ1) is 7.27. The van der Waals surface area contributed by atoms with Gasteiger partial charge in [0.05, 0.1) is 6.20 Å². The van der Waals surface area contributed by atoms with Crippen LogP contribution >= 0.6 is 0 Å². The van der Waals surface area contributed by atoms with Crippen LogP contribution in [-0.4, -0.2) is 15.7 Å². The van der Waals surface area contributed by atoms with Crippen molar-refractivity contribution >= 4 is 11.7 Å². The summed E-state index contributed by atoms with van der Waals surface area (Å²) >= 11 is 0. The van der Waals surface area contributed by atoms with E-state index in [1.807, 2.05) is 18.2 Å². The summed E-state index contributed by atoms with van der Waals surface area (Å²) < 4.78 is 1.61. The molecule has 0 atom stereocenters. The van der Waals surface area contributed by atoms with E-state index in [0.29, 0.717) is 11.4 Å². The molecule has 0 aliphatic carbocycles. The zero-order valence-corrected chi connectivity index (χ0v) is 8.34. The molecular formula is C11H11N3O. The van der Waals surface area contributed by atoms with Gasteiger partial charge in [-0.05, 0) is 12.1 Å². The minimum atomic E-state index is -0.126. The topological polar surface area (TPSA) is 46.9 Å². The highest BCUT2D eigenvalue weighted by molar-refractivity contribution is 6.03. The average molecular weight is 201 g/mol. The monoisotopic (exact) mass is 201 g/mol. The lowest BCUT2D eigenvalue weighted by molar-refractivity contribution is 0.102. The molecule has 1 N–H and O–H groups in total. The lowest BCUT2D eigenvalue weighted by atomic mass is 10.2. The number of aromatic nitrogens is 2. The number of rotatable bonds is 2. The van der Waals surface area contributed by atoms with E-state index in [-0.39, 0.29) is 5.91 Å². The Kier molecular flexibility index (Phi) is 2.49. The van der Waals surface area contributed by atoms with Gasteiger partial charge in [-0.2, -0.15) is 5.10 Å². The Morgan fingerprint density at radius 2 is 2.00 bits per heavy atom. The molecule has 4 heteroatoms. The Morgan fingerprint density at radius 1 is 1.27 bits per heavy atom. The van der Waals surface area contributed by atoms with Gasteiger partial charge in [0, 0.05) is 18.7 Å². The highest BCUT2D eigenvalue weighted by atomic mass is 16.1. The maximum absolute atomic E-state index is 11.7. The van der Waals surface area contributed by atoms with E-state index in [1.54, 1.807) is 36.1 Å². The van der Waals surface area contributed by atoms with Crippen molar-refractivity contribution in [1.82, 2.24) is 9.78 Å². The number of nitrogens with one attached hydrogen (secondary N) is 1. The molecule has 2 aromatic rings. The minimum absolute atomic E-state index is 0.126. The highest BCUT2D eigenvalue weighted by Gasteiger charge is 2.06. The molecule has 15 heavy (non-hydrogen) atoms. The molecule has 0 radical (unpaired) electrons. The summed E-state index contributed by atoms with van der Waals surface area (Å²) in [5, 5.41) is 6.73. The van der Waals surface area contributed by atoms with Crippen LogP contribution in [0.1, 0.15) is 10.4 Å². The molecule has 0 aliphatic rings. The molecule has 0 saturated carbocycles. The average Bonchev–Trinajstić information content (AvgIpc) is 2.66. The normalized spacial score (nSPS) is 9.93. The number of anilines is 1. The molecule has 0 aliphatic heterocycles. The third-order valence-corrected chi connectivity index (χ3v) is 2.10. The second kappa shape index (κ2) is 3.96. The number of carbonyl (C=O) groups is 1. The van der Waals surface area contributed by atoms with Gasteiger partial charge in [0.15, 0.2) is 0 Å². The number of carbonyl (C=O) groups excluding carboxylic acids is 1. The number of amides is 1. The van der Waals surface area contributed by atoms with Gasteiger partial charge in [0.1, 0.15) is 5.82 Å². The number of hydrogen-bond donors (Lipinski definition) is 1. The number of benzene rings is 1. The van der Waals surface area contributed by atoms with Crippen LogP contribution in [0.4, 0.5) is 5.82 Å². The lowest BCUT2D eigenvalue weighted by Gasteiger charge is -2.04. The summed E-state index contributed by atoms with van der Waals surface area (Å²) in [5.41, 5.74) is 0.638. The SMILES string of the molecule is Cn1nccc1NC(=O)c1ccccc1. The van der Waals surface area contributed by atoms with E-state index in [4.69, 9.17) is 0 Å². The van der Waals surface area contributed by atoms with Crippen molar-refractivity contribution in [2.24, 2.45) is 7.05 Å². The Balaban J connectivity index is 2.15. The molecule has 1 aromatic carbocycles. The summed E-state index contributed by atoms with van der Waals surface area (Å²) in [7, 11) is 1.78. The third-order valence-electron chi connectivity index (χ3n) is 2.10. The first-order valence-electron chi connectivity index (χ1n) is 4.62. The van der Waals surface area contributed by atoms with E-state index in [0.717, 1.165) is 0 Å². The summed E-state index contributed by atoms with van der Waals surface area (Å²) in [6, 6.07) is 10.8. The fourth-order valence-corrected chi connectivity index (χ4v) is 1.27. The van der Waals surface area contributed by atoms with Crippen molar-refractivity contribution in [1.29, 1.82) is 0 Å². The molecule has 0 unspecified atom stereocenters. The molecule has 0 spiro atoms. The smallest absolute Gasteiger partial charge is 0.256 e. The summed E-state index contributed by atoms with van der Waals surface area (Å²) in [5.74, 6) is 0.558. The highest BCUT2D eigenvalue weighted by Crippen LogP contribution is 2.06. The standard InChI is InChI=1S/C11H11N3O/c1-14-10(7-8-12-14)13-11(15)9-5-3-2-4-6-9/h2-8H,1H3,(H,13,15). The van der Waals surface area contributed by atoms with Gasteiger partial charge in [0.25, 0.3) is 5.91 Å². The largest absolute Gasteiger partial charge is 0.307 e. The number of aryl methyl sites for hydroxylation is 1. The van der Waals surface area contributed by atoms with Crippen LogP contribution in [0.25, 0.3) is 0 Å². The molecule has 76 valence electrons. The predicted octanol–water partition coefficient (Wildman–Crippen LogP) is 1.67. The first kappa shape index (κ1) is 9.45. The van der Waals surface area contributed by atoms with Crippen molar-refractivity contribution in [3.05, 3.63) is 48.2 Å². The zero-order chi connectivity index (χ0) is 10.7. The number of hydrogen-bond acceptors (Lipinski definition) is 2. The maximum atomic E-state index is 11.7. The fraction of sp³-hybridized carbons (Fsp3) is 0.0909. The van der Waals surface area contributed by atoms with Crippen molar-refractivity contribution in [3.63, 3.8) is 0 Å². The molecule has 4 nitrogen and oxygen atoms in total. The van der Waals surface area contributed by atoms with Crippen LogP contribution in [0.2, 0.25) is 0 Å². The Bertz CT molecular complexity index is 462. The zero-order valence-electron chi connectivity index (χ0n) is 8.34. The molecule has 1 aromatic heterocycles. The van der Waals surface area contributed by atoms with Gasteiger partial charge in [-0.15, -0.1) is 0 Å². The molecule has 0 fully saturated rings. The summed E-state index contributed by atoms with van der Waals surface area (Å²) in [6.45, 7) is 0. The molecule has 1 amide bonds. The van der Waals surface area contributed by atoms with Crippen LogP contribution in [0.15, 0.2) is 42.6 Å². The maximum Gasteiger partial charge on any atom is 0.256 e. The number of nitrogens with zero attached hydrogens (tertiary/aromatic N) is 2. The Hall–Kier alpha value is -2.10. The van der Waals surface area contributed by atoms with E-state index in [9.17, 15) is 4.79 Å². The van der Waals surface area contributed by atoms with Crippen molar-refractivity contribution < 1.29 is 4.79 Å². The van der Waals surface area contributed by atoms with Crippen LogP contribution in [0.5, 0.6) is 0 Å². The lowest BCUT2D eigenvalue weighted by Crippen LogP contribution is -2.14. The summed E-state index contributed by atoms with van der Waals surface area (Å²) in [6.07, 6.45) is 1.64. The van der Waals surface area contributed by atoms with Gasteiger partial charge >= 0.3 is 0 Å². The predicted molar refractivity (Wildman–Crippen MR) is 57.6 cm³/mol. The van der Waals surface area contributed by atoms with E-state index in [2.05, 4.69) is 10.4 Å². The second-order valence-electron chi connectivity index (χ2n) is 3.16. The molecule has 0 bridgehead atoms. The molecular weight excluding hydrogens is 190 g/mol. The quantitative estimate of drug-likeness (QED) is 0.803. The third kappa shape index (κ3) is 2.04.